The molecule has 2 aromatic rings. The first-order valence-corrected chi connectivity index (χ1v) is 7.38. The molecule has 0 bridgehead atoms. The molecule has 0 aliphatic heterocycles. The van der Waals surface area contributed by atoms with Crippen molar-refractivity contribution in [3.8, 4) is 5.75 Å². The molecule has 0 aliphatic rings. The van der Waals surface area contributed by atoms with Crippen LogP contribution in [0.5, 0.6) is 5.75 Å². The minimum absolute atomic E-state index is 0.280. The Kier molecular flexibility index (Phi) is 5.31. The summed E-state index contributed by atoms with van der Waals surface area (Å²) in [6.45, 7) is 2.64. The molecule has 112 valence electrons. The van der Waals surface area contributed by atoms with E-state index in [1.807, 2.05) is 6.92 Å². The molecule has 1 unspecified atom stereocenters. The van der Waals surface area contributed by atoms with Crippen molar-refractivity contribution in [2.45, 2.75) is 13.0 Å². The van der Waals surface area contributed by atoms with Gasteiger partial charge in [0.15, 0.2) is 0 Å². The highest BCUT2D eigenvalue weighted by Crippen LogP contribution is 2.32. The third kappa shape index (κ3) is 3.60. The molecule has 0 radical (unpaired) electrons. The number of methoxy groups -OCH3 is 1. The van der Waals surface area contributed by atoms with Gasteiger partial charge in [0.05, 0.1) is 17.6 Å². The molecule has 0 spiro atoms. The standard InChI is InChI=1S/C16H16BrF2NO/c1-3-20-16(10-4-6-14(19)13(17)8-10)12-9-11(18)5-7-15(12)21-2/h4-9,16,20H,3H2,1-2H3. The molecule has 0 amide bonds. The first-order chi connectivity index (χ1) is 10.1. The Morgan fingerprint density at radius 3 is 2.57 bits per heavy atom. The van der Waals surface area contributed by atoms with Crippen molar-refractivity contribution in [2.75, 3.05) is 13.7 Å². The van der Waals surface area contributed by atoms with E-state index < -0.39 is 0 Å². The van der Waals surface area contributed by atoms with Crippen LogP contribution < -0.4 is 10.1 Å². The van der Waals surface area contributed by atoms with Crippen LogP contribution in [0.4, 0.5) is 8.78 Å². The molecule has 1 atom stereocenters. The predicted molar refractivity (Wildman–Crippen MR) is 82.6 cm³/mol. The molecule has 2 aromatic carbocycles. The number of halogens is 3. The van der Waals surface area contributed by atoms with Crippen molar-refractivity contribution < 1.29 is 13.5 Å². The summed E-state index contributed by atoms with van der Waals surface area (Å²) in [5.41, 5.74) is 1.51. The molecular weight excluding hydrogens is 340 g/mol. The van der Waals surface area contributed by atoms with E-state index in [1.54, 1.807) is 25.3 Å². The first-order valence-electron chi connectivity index (χ1n) is 6.58. The van der Waals surface area contributed by atoms with Gasteiger partial charge in [-0.15, -0.1) is 0 Å². The SMILES string of the molecule is CCNC(c1ccc(F)c(Br)c1)c1cc(F)ccc1OC. The quantitative estimate of drug-likeness (QED) is 0.856. The fraction of sp³-hybridized carbons (Fsp3) is 0.250. The molecule has 2 rings (SSSR count). The molecule has 0 heterocycles. The maximum atomic E-state index is 13.6. The Balaban J connectivity index is 2.52. The summed E-state index contributed by atoms with van der Waals surface area (Å²) in [6.07, 6.45) is 0. The monoisotopic (exact) mass is 355 g/mol. The van der Waals surface area contributed by atoms with Gasteiger partial charge in [0.25, 0.3) is 0 Å². The molecule has 0 saturated heterocycles. The Morgan fingerprint density at radius 2 is 1.95 bits per heavy atom. The van der Waals surface area contributed by atoms with Gasteiger partial charge in [-0.25, -0.2) is 8.78 Å². The molecular formula is C16H16BrF2NO. The molecule has 0 fully saturated rings. The summed E-state index contributed by atoms with van der Waals surface area (Å²) in [5, 5.41) is 3.27. The topological polar surface area (TPSA) is 21.3 Å². The van der Waals surface area contributed by atoms with Gasteiger partial charge in [-0.3, -0.25) is 0 Å². The fourth-order valence-corrected chi connectivity index (χ4v) is 2.63. The number of ether oxygens (including phenoxy) is 1. The van der Waals surface area contributed by atoms with Gasteiger partial charge in [0.2, 0.25) is 0 Å². The zero-order chi connectivity index (χ0) is 15.4. The Bertz CT molecular complexity index is 634. The second kappa shape index (κ2) is 7.00. The van der Waals surface area contributed by atoms with Crippen molar-refractivity contribution in [2.24, 2.45) is 0 Å². The van der Waals surface area contributed by atoms with Gasteiger partial charge >= 0.3 is 0 Å². The Hall–Kier alpha value is -1.46. The van der Waals surface area contributed by atoms with E-state index in [0.29, 0.717) is 22.3 Å². The summed E-state index contributed by atoms with van der Waals surface area (Å²) >= 11 is 3.18. The number of rotatable bonds is 5. The molecule has 2 nitrogen and oxygen atoms in total. The minimum Gasteiger partial charge on any atom is -0.496 e. The van der Waals surface area contributed by atoms with E-state index in [2.05, 4.69) is 21.2 Å². The Morgan fingerprint density at radius 1 is 1.19 bits per heavy atom. The largest absolute Gasteiger partial charge is 0.496 e. The highest BCUT2D eigenvalue weighted by atomic mass is 79.9. The van der Waals surface area contributed by atoms with Crippen molar-refractivity contribution in [1.82, 2.24) is 5.32 Å². The normalized spacial score (nSPS) is 12.2. The van der Waals surface area contributed by atoms with E-state index >= 15 is 0 Å². The van der Waals surface area contributed by atoms with Gasteiger partial charge in [-0.2, -0.15) is 0 Å². The van der Waals surface area contributed by atoms with E-state index in [4.69, 9.17) is 4.74 Å². The van der Waals surface area contributed by atoms with Crippen LogP contribution in [0.2, 0.25) is 0 Å². The second-order valence-corrected chi connectivity index (χ2v) is 5.40. The van der Waals surface area contributed by atoms with Crippen LogP contribution in [-0.4, -0.2) is 13.7 Å². The fourth-order valence-electron chi connectivity index (χ4n) is 2.23. The van der Waals surface area contributed by atoms with Gasteiger partial charge in [0.1, 0.15) is 17.4 Å². The zero-order valence-electron chi connectivity index (χ0n) is 11.8. The smallest absolute Gasteiger partial charge is 0.137 e. The highest BCUT2D eigenvalue weighted by Gasteiger charge is 2.19. The Labute approximate surface area is 131 Å². The number of nitrogens with one attached hydrogen (secondary N) is 1. The van der Waals surface area contributed by atoms with E-state index in [0.717, 1.165) is 5.56 Å². The van der Waals surface area contributed by atoms with Crippen molar-refractivity contribution in [3.05, 3.63) is 63.6 Å². The van der Waals surface area contributed by atoms with Crippen LogP contribution in [0.3, 0.4) is 0 Å². The van der Waals surface area contributed by atoms with Crippen LogP contribution in [0.25, 0.3) is 0 Å². The van der Waals surface area contributed by atoms with Crippen LogP contribution in [0, 0.1) is 11.6 Å². The van der Waals surface area contributed by atoms with Crippen molar-refractivity contribution >= 4 is 15.9 Å². The highest BCUT2D eigenvalue weighted by molar-refractivity contribution is 9.10. The average molecular weight is 356 g/mol. The lowest BCUT2D eigenvalue weighted by Crippen LogP contribution is -2.22. The summed E-state index contributed by atoms with van der Waals surface area (Å²) in [4.78, 5) is 0. The van der Waals surface area contributed by atoms with Gasteiger partial charge < -0.3 is 10.1 Å². The third-order valence-electron chi connectivity index (χ3n) is 3.19. The van der Waals surface area contributed by atoms with Gasteiger partial charge in [-0.05, 0) is 58.4 Å². The maximum absolute atomic E-state index is 13.6. The summed E-state index contributed by atoms with van der Waals surface area (Å²) < 4.78 is 32.7. The van der Waals surface area contributed by atoms with Crippen molar-refractivity contribution in [3.63, 3.8) is 0 Å². The third-order valence-corrected chi connectivity index (χ3v) is 3.80. The van der Waals surface area contributed by atoms with Gasteiger partial charge in [-0.1, -0.05) is 13.0 Å². The van der Waals surface area contributed by atoms with Crippen LogP contribution in [0.15, 0.2) is 40.9 Å². The van der Waals surface area contributed by atoms with Crippen LogP contribution >= 0.6 is 15.9 Å². The molecule has 1 N–H and O–H groups in total. The van der Waals surface area contributed by atoms with E-state index in [9.17, 15) is 8.78 Å². The summed E-state index contributed by atoms with van der Waals surface area (Å²) in [7, 11) is 1.54. The molecule has 0 aromatic heterocycles. The molecule has 5 heteroatoms. The molecule has 21 heavy (non-hydrogen) atoms. The van der Waals surface area contributed by atoms with Crippen LogP contribution in [-0.2, 0) is 0 Å². The maximum Gasteiger partial charge on any atom is 0.137 e. The van der Waals surface area contributed by atoms with E-state index in [1.165, 1.54) is 18.2 Å². The summed E-state index contributed by atoms with van der Waals surface area (Å²) in [6, 6.07) is 8.85. The lowest BCUT2D eigenvalue weighted by molar-refractivity contribution is 0.402. The summed E-state index contributed by atoms with van der Waals surface area (Å²) in [5.74, 6) is -0.0853. The first kappa shape index (κ1) is 15.9. The zero-order valence-corrected chi connectivity index (χ0v) is 13.4. The number of benzene rings is 2. The van der Waals surface area contributed by atoms with Crippen molar-refractivity contribution in [1.29, 1.82) is 0 Å². The molecule has 0 saturated carbocycles. The van der Waals surface area contributed by atoms with Gasteiger partial charge in [0, 0.05) is 5.56 Å². The second-order valence-electron chi connectivity index (χ2n) is 4.55. The van der Waals surface area contributed by atoms with Crippen LogP contribution in [0.1, 0.15) is 24.1 Å². The minimum atomic E-state index is -0.338. The lowest BCUT2D eigenvalue weighted by Gasteiger charge is -2.21. The molecule has 0 aliphatic carbocycles. The predicted octanol–water partition coefficient (Wildman–Crippen LogP) is 4.43. The lowest BCUT2D eigenvalue weighted by atomic mass is 9.97. The number of hydrogen-bond acceptors (Lipinski definition) is 2. The average Bonchev–Trinajstić information content (AvgIpc) is 2.48. The number of hydrogen-bond donors (Lipinski definition) is 1. The van der Waals surface area contributed by atoms with E-state index in [-0.39, 0.29) is 17.7 Å².